The number of benzene rings is 1. The lowest BCUT2D eigenvalue weighted by molar-refractivity contribution is 0.546. The van der Waals surface area contributed by atoms with Crippen molar-refractivity contribution < 1.29 is 4.42 Å². The Kier molecular flexibility index (Phi) is 2.12. The van der Waals surface area contributed by atoms with E-state index in [0.29, 0.717) is 5.89 Å². The second-order valence-electron chi connectivity index (χ2n) is 2.34. The highest BCUT2D eigenvalue weighted by Crippen LogP contribution is 2.18. The van der Waals surface area contributed by atoms with Gasteiger partial charge in [0, 0.05) is 28.2 Å². The van der Waals surface area contributed by atoms with E-state index in [9.17, 15) is 0 Å². The molecule has 0 atom stereocenters. The van der Waals surface area contributed by atoms with Crippen molar-refractivity contribution in [2.75, 3.05) is 0 Å². The van der Waals surface area contributed by atoms with E-state index < -0.39 is 0 Å². The molecule has 0 saturated carbocycles. The van der Waals surface area contributed by atoms with E-state index in [4.69, 9.17) is 4.42 Å². The topological polar surface area (TPSA) is 26.0 Å². The van der Waals surface area contributed by atoms with Crippen molar-refractivity contribution in [2.45, 2.75) is 0 Å². The van der Waals surface area contributed by atoms with Crippen molar-refractivity contribution in [3.63, 3.8) is 0 Å². The Morgan fingerprint density at radius 2 is 1.92 bits per heavy atom. The van der Waals surface area contributed by atoms with E-state index in [1.54, 1.807) is 6.20 Å². The summed E-state index contributed by atoms with van der Waals surface area (Å²) in [5, 5.41) is 0. The molecule has 0 saturated heterocycles. The Bertz CT molecular complexity index is 369. The molecule has 0 spiro atoms. The van der Waals surface area contributed by atoms with E-state index in [0.717, 1.165) is 9.33 Å². The zero-order valence-electron chi connectivity index (χ0n) is 6.20. The van der Waals surface area contributed by atoms with Gasteiger partial charge in [-0.25, -0.2) is 4.98 Å². The predicted molar refractivity (Wildman–Crippen MR) is 54.7 cm³/mol. The summed E-state index contributed by atoms with van der Waals surface area (Å²) in [5.41, 5.74) is 1.01. The quantitative estimate of drug-likeness (QED) is 0.745. The third kappa shape index (κ3) is 1.50. The lowest BCUT2D eigenvalue weighted by atomic mass is 10.2. The van der Waals surface area contributed by atoms with Gasteiger partial charge in [-0.1, -0.05) is 18.2 Å². The normalized spacial score (nSPS) is 10.1. The molecule has 0 N–H and O–H groups in total. The average Bonchev–Trinajstić information content (AvgIpc) is 2.54. The molecule has 1 aromatic heterocycles. The van der Waals surface area contributed by atoms with Crippen molar-refractivity contribution in [3.05, 3.63) is 40.3 Å². The predicted octanol–water partition coefficient (Wildman–Crippen LogP) is 2.95. The van der Waals surface area contributed by atoms with Gasteiger partial charge >= 0.3 is 0 Å². The molecule has 3 heteroatoms. The van der Waals surface area contributed by atoms with Gasteiger partial charge < -0.3 is 4.42 Å². The Labute approximate surface area is 83.8 Å². The average molecular weight is 271 g/mol. The SMILES string of the molecule is Ic1cnc(-c2ccccc2)o1. The van der Waals surface area contributed by atoms with Crippen molar-refractivity contribution >= 4 is 22.6 Å². The van der Waals surface area contributed by atoms with Crippen LogP contribution < -0.4 is 0 Å². The van der Waals surface area contributed by atoms with Crippen molar-refractivity contribution in [1.82, 2.24) is 4.98 Å². The fourth-order valence-electron chi connectivity index (χ4n) is 0.969. The van der Waals surface area contributed by atoms with Crippen molar-refractivity contribution in [1.29, 1.82) is 0 Å². The van der Waals surface area contributed by atoms with Gasteiger partial charge in [-0.2, -0.15) is 0 Å². The molecule has 1 aromatic carbocycles. The van der Waals surface area contributed by atoms with E-state index in [-0.39, 0.29) is 0 Å². The van der Waals surface area contributed by atoms with E-state index in [1.165, 1.54) is 0 Å². The summed E-state index contributed by atoms with van der Waals surface area (Å²) in [6.45, 7) is 0. The highest BCUT2D eigenvalue weighted by atomic mass is 127. The number of oxazole rings is 1. The monoisotopic (exact) mass is 271 g/mol. The fraction of sp³-hybridized carbons (Fsp3) is 0. The summed E-state index contributed by atoms with van der Waals surface area (Å²) >= 11 is 2.10. The highest BCUT2D eigenvalue weighted by molar-refractivity contribution is 14.1. The van der Waals surface area contributed by atoms with Crippen molar-refractivity contribution in [3.8, 4) is 11.5 Å². The number of halogens is 1. The Hall–Kier alpha value is -0.840. The summed E-state index contributed by atoms with van der Waals surface area (Å²) < 4.78 is 6.16. The molecule has 60 valence electrons. The highest BCUT2D eigenvalue weighted by Gasteiger charge is 2.02. The molecule has 0 radical (unpaired) electrons. The first kappa shape index (κ1) is 7.79. The second-order valence-corrected chi connectivity index (χ2v) is 3.40. The molecule has 0 aliphatic carbocycles. The van der Waals surface area contributed by atoms with Gasteiger partial charge in [0.1, 0.15) is 0 Å². The number of hydrogen-bond donors (Lipinski definition) is 0. The minimum atomic E-state index is 0.681. The van der Waals surface area contributed by atoms with Gasteiger partial charge in [-0.3, -0.25) is 0 Å². The van der Waals surface area contributed by atoms with Gasteiger partial charge in [0.25, 0.3) is 0 Å². The maximum atomic E-state index is 5.35. The summed E-state index contributed by atoms with van der Waals surface area (Å²) in [4.78, 5) is 4.11. The smallest absolute Gasteiger partial charge is 0.227 e. The van der Waals surface area contributed by atoms with Crippen LogP contribution in [0.2, 0.25) is 0 Å². The van der Waals surface area contributed by atoms with Crippen LogP contribution in [0.3, 0.4) is 0 Å². The summed E-state index contributed by atoms with van der Waals surface area (Å²) in [6, 6.07) is 9.85. The van der Waals surface area contributed by atoms with Crippen LogP contribution >= 0.6 is 22.6 Å². The van der Waals surface area contributed by atoms with Crippen LogP contribution in [0.25, 0.3) is 11.5 Å². The zero-order chi connectivity index (χ0) is 8.39. The third-order valence-corrected chi connectivity index (χ3v) is 2.00. The molecule has 2 rings (SSSR count). The standard InChI is InChI=1S/C9H6INO/c10-8-6-11-9(12-8)7-4-2-1-3-5-7/h1-6H. The molecule has 2 nitrogen and oxygen atoms in total. The van der Waals surface area contributed by atoms with Crippen LogP contribution in [-0.2, 0) is 0 Å². The second kappa shape index (κ2) is 3.26. The van der Waals surface area contributed by atoms with E-state index in [2.05, 4.69) is 27.6 Å². The molecule has 0 bridgehead atoms. The number of aromatic nitrogens is 1. The maximum absolute atomic E-state index is 5.35. The fourth-order valence-corrected chi connectivity index (χ4v) is 1.32. The van der Waals surface area contributed by atoms with Crippen LogP contribution in [0.15, 0.2) is 40.9 Å². The van der Waals surface area contributed by atoms with Crippen LogP contribution in [0, 0.1) is 3.77 Å². The first-order valence-electron chi connectivity index (χ1n) is 3.53. The first-order valence-corrected chi connectivity index (χ1v) is 4.61. The van der Waals surface area contributed by atoms with Crippen LogP contribution in [0.4, 0.5) is 0 Å². The molecular formula is C9H6INO. The molecule has 2 aromatic rings. The van der Waals surface area contributed by atoms with Crippen molar-refractivity contribution in [2.24, 2.45) is 0 Å². The lowest BCUT2D eigenvalue weighted by Crippen LogP contribution is -1.73. The molecule has 0 fully saturated rings. The Balaban J connectivity index is 2.45. The lowest BCUT2D eigenvalue weighted by Gasteiger charge is -1.91. The largest absolute Gasteiger partial charge is 0.430 e. The Morgan fingerprint density at radius 3 is 2.50 bits per heavy atom. The zero-order valence-corrected chi connectivity index (χ0v) is 8.36. The van der Waals surface area contributed by atoms with Crippen LogP contribution in [0.5, 0.6) is 0 Å². The molecule has 0 amide bonds. The molecular weight excluding hydrogens is 265 g/mol. The maximum Gasteiger partial charge on any atom is 0.227 e. The summed E-state index contributed by atoms with van der Waals surface area (Å²) in [6.07, 6.45) is 1.71. The van der Waals surface area contributed by atoms with Gasteiger partial charge in [0.2, 0.25) is 5.89 Å². The Morgan fingerprint density at radius 1 is 1.17 bits per heavy atom. The molecule has 12 heavy (non-hydrogen) atoms. The van der Waals surface area contributed by atoms with Crippen LogP contribution in [0.1, 0.15) is 0 Å². The van der Waals surface area contributed by atoms with Gasteiger partial charge in [0.15, 0.2) is 3.77 Å². The minimum absolute atomic E-state index is 0.681. The summed E-state index contributed by atoms with van der Waals surface area (Å²) in [7, 11) is 0. The van der Waals surface area contributed by atoms with Gasteiger partial charge in [0.05, 0.1) is 6.20 Å². The number of hydrogen-bond acceptors (Lipinski definition) is 2. The minimum Gasteiger partial charge on any atom is -0.430 e. The molecule has 0 aliphatic rings. The van der Waals surface area contributed by atoms with Gasteiger partial charge in [-0.05, 0) is 12.1 Å². The van der Waals surface area contributed by atoms with E-state index >= 15 is 0 Å². The first-order chi connectivity index (χ1) is 5.86. The summed E-state index contributed by atoms with van der Waals surface area (Å²) in [5.74, 6) is 0.681. The third-order valence-electron chi connectivity index (χ3n) is 1.50. The molecule has 1 heterocycles. The number of nitrogens with zero attached hydrogens (tertiary/aromatic N) is 1. The van der Waals surface area contributed by atoms with E-state index in [1.807, 2.05) is 30.3 Å². The van der Waals surface area contributed by atoms with Gasteiger partial charge in [-0.15, -0.1) is 0 Å². The van der Waals surface area contributed by atoms with Crippen LogP contribution in [-0.4, -0.2) is 4.98 Å². The molecule has 0 aliphatic heterocycles. The number of rotatable bonds is 1. The molecule has 0 unspecified atom stereocenters.